The molecule has 0 saturated carbocycles. The number of aromatic amines is 1. The van der Waals surface area contributed by atoms with Crippen LogP contribution in [0.15, 0.2) is 64.7 Å². The van der Waals surface area contributed by atoms with Gasteiger partial charge in [-0.05, 0) is 56.0 Å². The van der Waals surface area contributed by atoms with Crippen molar-refractivity contribution in [2.24, 2.45) is 0 Å². The van der Waals surface area contributed by atoms with Crippen molar-refractivity contribution in [3.63, 3.8) is 0 Å². The molecular formula is C49H68N12O16SY. The number of anilines is 1. The molecule has 2 atom stereocenters. The van der Waals surface area contributed by atoms with Gasteiger partial charge in [0.2, 0.25) is 27.3 Å². The molecule has 1 aliphatic rings. The summed E-state index contributed by atoms with van der Waals surface area (Å²) in [6, 6.07) is 6.63. The summed E-state index contributed by atoms with van der Waals surface area (Å²) >= 11 is 0. The summed E-state index contributed by atoms with van der Waals surface area (Å²) in [5.74, 6) is -9.70. The number of carbonyl (C=O) groups excluding carboxylic acids is 4. The minimum atomic E-state index is -4.25. The first-order valence-corrected chi connectivity index (χ1v) is 26.3. The number of H-pyrrole nitrogens is 1. The van der Waals surface area contributed by atoms with Gasteiger partial charge >= 0.3 is 17.9 Å². The Kier molecular flexibility index (Phi) is 25.2. The molecule has 0 aliphatic carbocycles. The van der Waals surface area contributed by atoms with Gasteiger partial charge in [-0.3, -0.25) is 58.0 Å². The molecule has 1 saturated heterocycles. The molecule has 28 nitrogen and oxygen atoms in total. The van der Waals surface area contributed by atoms with Crippen LogP contribution in [0.3, 0.4) is 0 Å². The number of Topliss-reactive ketones (excluding diaryl/α,β-unsaturated/α-hetero) is 1. The number of amides is 3. The number of nitrogens with zero attached hydrogens (tertiary/aromatic N) is 6. The SMILES string of the molecule is CC(=O)[C@H](CNC(=O)c1cn(CCCNC(=O)[C@H](CC(O)(O)O)NC(=O)CN2CCN(CC(=O)O)CCN(CC(=O)O)CCN(CC(=O)O)CC2)c2cc(CNc3ncc[nH]3)ccc2c1=O)NS(=O)(=O)c1c(C)cccc1C.[Y]. The Balaban J connectivity index is 0.0000134. The van der Waals surface area contributed by atoms with E-state index in [0.717, 1.165) is 6.92 Å². The van der Waals surface area contributed by atoms with Crippen molar-refractivity contribution in [2.45, 2.75) is 69.7 Å². The van der Waals surface area contributed by atoms with Crippen molar-refractivity contribution in [2.75, 3.05) is 96.9 Å². The number of aliphatic hydroxyl groups is 3. The number of carbonyl (C=O) groups is 7. The summed E-state index contributed by atoms with van der Waals surface area (Å²) in [7, 11) is -4.25. The number of imidazole rings is 1. The van der Waals surface area contributed by atoms with Crippen LogP contribution in [-0.4, -0.2) is 224 Å². The predicted molar refractivity (Wildman–Crippen MR) is 279 cm³/mol. The van der Waals surface area contributed by atoms with Gasteiger partial charge in [0.05, 0.1) is 49.1 Å². The van der Waals surface area contributed by atoms with Crippen LogP contribution in [0.2, 0.25) is 0 Å². The third kappa shape index (κ3) is 21.1. The van der Waals surface area contributed by atoms with Crippen LogP contribution in [0.1, 0.15) is 46.8 Å². The number of fused-ring (bicyclic) bond motifs is 1. The molecule has 0 spiro atoms. The monoisotopic (exact) mass is 1200 g/mol. The number of aryl methyl sites for hydroxylation is 3. The van der Waals surface area contributed by atoms with Gasteiger partial charge in [0.25, 0.3) is 11.9 Å². The number of ketones is 1. The summed E-state index contributed by atoms with van der Waals surface area (Å²) in [6.07, 6.45) is 3.46. The van der Waals surface area contributed by atoms with Crippen molar-refractivity contribution in [3.8, 4) is 0 Å². The van der Waals surface area contributed by atoms with Crippen LogP contribution in [0.4, 0.5) is 5.95 Å². The van der Waals surface area contributed by atoms with E-state index in [-0.39, 0.29) is 134 Å². The van der Waals surface area contributed by atoms with Gasteiger partial charge in [-0.25, -0.2) is 13.4 Å². The van der Waals surface area contributed by atoms with Crippen LogP contribution in [-0.2, 0) is 84.6 Å². The number of rotatable bonds is 26. The molecule has 30 heteroatoms. The first-order chi connectivity index (χ1) is 36.8. The van der Waals surface area contributed by atoms with E-state index in [2.05, 4.69) is 36.0 Å². The Morgan fingerprint density at radius 2 is 1.32 bits per heavy atom. The van der Waals surface area contributed by atoms with E-state index in [4.69, 9.17) is 0 Å². The third-order valence-electron chi connectivity index (χ3n) is 12.7. The Bertz CT molecular complexity index is 2900. The third-order valence-corrected chi connectivity index (χ3v) is 14.4. The number of carboxylic acid groups (broad SMARTS) is 3. The quantitative estimate of drug-likeness (QED) is 0.0222. The van der Waals surface area contributed by atoms with Crippen LogP contribution in [0.25, 0.3) is 10.9 Å². The molecule has 2 aromatic heterocycles. The number of aliphatic carboxylic acids is 3. The maximum absolute atomic E-state index is 14.0. The first-order valence-electron chi connectivity index (χ1n) is 24.8. The normalized spacial score (nSPS) is 15.4. The Labute approximate surface area is 479 Å². The van der Waals surface area contributed by atoms with Gasteiger partial charge in [0.15, 0.2) is 5.95 Å². The fraction of sp³-hybridized carbons (Fsp3) is 0.490. The number of hydrogen-bond acceptors (Lipinski definition) is 19. The molecule has 429 valence electrons. The van der Waals surface area contributed by atoms with Gasteiger partial charge < -0.3 is 61.5 Å². The van der Waals surface area contributed by atoms with Gasteiger partial charge in [-0.15, -0.1) is 0 Å². The molecular weight excluding hydrogens is 1130 g/mol. The van der Waals surface area contributed by atoms with Gasteiger partial charge in [-0.1, -0.05) is 24.3 Å². The van der Waals surface area contributed by atoms with E-state index in [1.54, 1.807) is 80.7 Å². The maximum Gasteiger partial charge on any atom is 0.317 e. The topological polar surface area (TPSA) is 399 Å². The van der Waals surface area contributed by atoms with Crippen LogP contribution in [0, 0.1) is 13.8 Å². The number of carboxylic acids is 3. The van der Waals surface area contributed by atoms with Crippen molar-refractivity contribution in [1.29, 1.82) is 0 Å². The summed E-state index contributed by atoms with van der Waals surface area (Å²) in [5.41, 5.74) is 0.909. The molecule has 5 rings (SSSR count). The molecule has 1 aliphatic heterocycles. The molecule has 3 heterocycles. The average Bonchev–Trinajstić information content (AvgIpc) is 3.93. The zero-order chi connectivity index (χ0) is 57.3. The van der Waals surface area contributed by atoms with Crippen molar-refractivity contribution >= 4 is 68.3 Å². The summed E-state index contributed by atoms with van der Waals surface area (Å²) in [5, 5.41) is 69.2. The number of aromatic nitrogens is 3. The molecule has 3 amide bonds. The second-order valence-electron chi connectivity index (χ2n) is 19.0. The van der Waals surface area contributed by atoms with Crippen LogP contribution in [0.5, 0.6) is 0 Å². The van der Waals surface area contributed by atoms with Gasteiger partial charge in [0, 0.05) is 135 Å². The molecule has 1 fully saturated rings. The number of pyridine rings is 1. The summed E-state index contributed by atoms with van der Waals surface area (Å²) in [4.78, 5) is 116. The second-order valence-corrected chi connectivity index (χ2v) is 20.6. The van der Waals surface area contributed by atoms with Crippen molar-refractivity contribution < 1.29 is 105 Å². The standard InChI is InChI=1S/C49H68N12O16S.Y/c1-31-6-4-7-32(2)45(31)78(76,77)56-38(33(3)62)25-53-46(71)36-26-61(39-22-34(8-9-35(39)44(36)70)24-54-48-51-11-12-52-48)13-5-10-50-47(72)37(23-49(73,74)75)55-40(63)27-57-14-16-58(28-41(64)65)18-20-60(30-43(68)69)21-19-59(17-15-57)29-42(66)67;/h4,6-9,11-12,22,26,37-38,56,73-75H,5,10,13-21,23-25,27-30H2,1-3H3,(H,50,72)(H,53,71)(H,55,63)(H,64,65)(H,66,67)(H,68,69)(H2,51,52,54);/t37-,38-;/m0./s1. The summed E-state index contributed by atoms with van der Waals surface area (Å²) < 4.78 is 30.9. The van der Waals surface area contributed by atoms with E-state index in [9.17, 15) is 77.4 Å². The Morgan fingerprint density at radius 1 is 0.772 bits per heavy atom. The van der Waals surface area contributed by atoms with Crippen molar-refractivity contribution in [3.05, 3.63) is 87.5 Å². The van der Waals surface area contributed by atoms with Crippen LogP contribution < -0.4 is 31.4 Å². The summed E-state index contributed by atoms with van der Waals surface area (Å²) in [6.45, 7) is 3.16. The molecule has 0 bridgehead atoms. The fourth-order valence-corrected chi connectivity index (χ4v) is 10.5. The number of sulfonamides is 1. The molecule has 4 aromatic rings. The van der Waals surface area contributed by atoms with Crippen LogP contribution >= 0.6 is 0 Å². The average molecular weight is 1200 g/mol. The number of hydrogen-bond donors (Lipinski definition) is 12. The number of nitrogens with one attached hydrogen (secondary N) is 6. The zero-order valence-electron chi connectivity index (χ0n) is 44.0. The van der Waals surface area contributed by atoms with E-state index in [0.29, 0.717) is 28.2 Å². The zero-order valence-corrected chi connectivity index (χ0v) is 47.7. The molecule has 12 N–H and O–H groups in total. The molecule has 1 radical (unpaired) electrons. The minimum absolute atomic E-state index is 0. The second kappa shape index (κ2) is 30.5. The van der Waals surface area contributed by atoms with Gasteiger partial charge in [0.1, 0.15) is 17.4 Å². The largest absolute Gasteiger partial charge is 0.480 e. The van der Waals surface area contributed by atoms with E-state index in [1.165, 1.54) is 12.3 Å². The molecule has 2 aromatic carbocycles. The smallest absolute Gasteiger partial charge is 0.317 e. The van der Waals surface area contributed by atoms with E-state index < -0.39 is 108 Å². The molecule has 79 heavy (non-hydrogen) atoms. The first kappa shape index (κ1) is 65.4. The Hall–Kier alpha value is -6.12. The van der Waals surface area contributed by atoms with E-state index >= 15 is 0 Å². The maximum atomic E-state index is 14.0. The minimum Gasteiger partial charge on any atom is -0.480 e. The van der Waals surface area contributed by atoms with Crippen molar-refractivity contribution in [1.82, 2.24) is 54.8 Å². The number of benzene rings is 2. The van der Waals surface area contributed by atoms with E-state index in [1.807, 2.05) is 0 Å². The molecule has 0 unspecified atom stereocenters. The predicted octanol–water partition coefficient (Wildman–Crippen LogP) is -2.90. The van der Waals surface area contributed by atoms with Gasteiger partial charge in [-0.2, -0.15) is 4.72 Å². The Morgan fingerprint density at radius 3 is 1.81 bits per heavy atom. The fourth-order valence-electron chi connectivity index (χ4n) is 8.76.